The molecule has 3 heterocycles. The van der Waals surface area contributed by atoms with E-state index in [1.807, 2.05) is 12.1 Å². The minimum Gasteiger partial charge on any atom is -0.357 e. The number of anilines is 1. The molecule has 1 aromatic rings. The third-order valence-corrected chi connectivity index (χ3v) is 6.41. The standard InChI is InChI=1S/C17H28N4O2S/c22-24(23,21-12-6-1-2-7-13-21)19-15-16-8-9-18-17(14-16)20-10-4-3-5-11-20/h8-9,14,19H,1-7,10-13,15H2. The van der Waals surface area contributed by atoms with E-state index in [4.69, 9.17) is 0 Å². The van der Waals surface area contributed by atoms with Crippen molar-refractivity contribution >= 4 is 16.0 Å². The quantitative estimate of drug-likeness (QED) is 0.883. The van der Waals surface area contributed by atoms with E-state index < -0.39 is 10.2 Å². The second-order valence-electron chi connectivity index (χ2n) is 6.71. The van der Waals surface area contributed by atoms with Crippen LogP contribution in [0, 0.1) is 0 Å². The Hall–Kier alpha value is -1.18. The van der Waals surface area contributed by atoms with E-state index in [1.165, 1.54) is 19.3 Å². The van der Waals surface area contributed by atoms with E-state index in [2.05, 4.69) is 14.6 Å². The van der Waals surface area contributed by atoms with Gasteiger partial charge in [-0.1, -0.05) is 12.8 Å². The molecule has 1 N–H and O–H groups in total. The summed E-state index contributed by atoms with van der Waals surface area (Å²) in [5, 5.41) is 0. The van der Waals surface area contributed by atoms with Gasteiger partial charge < -0.3 is 4.90 Å². The van der Waals surface area contributed by atoms with Crippen molar-refractivity contribution in [2.45, 2.75) is 51.5 Å². The van der Waals surface area contributed by atoms with Crippen molar-refractivity contribution in [1.29, 1.82) is 0 Å². The topological polar surface area (TPSA) is 65.5 Å². The molecule has 24 heavy (non-hydrogen) atoms. The number of nitrogens with one attached hydrogen (secondary N) is 1. The highest BCUT2D eigenvalue weighted by Crippen LogP contribution is 2.19. The second kappa shape index (κ2) is 8.27. The molecule has 1 aromatic heterocycles. The van der Waals surface area contributed by atoms with Crippen molar-refractivity contribution < 1.29 is 8.42 Å². The van der Waals surface area contributed by atoms with Crippen LogP contribution in [0.2, 0.25) is 0 Å². The summed E-state index contributed by atoms with van der Waals surface area (Å²) in [6, 6.07) is 3.90. The molecule has 0 bridgehead atoms. The average molecular weight is 353 g/mol. The van der Waals surface area contributed by atoms with E-state index in [1.54, 1.807) is 10.5 Å². The Morgan fingerprint density at radius 1 is 0.958 bits per heavy atom. The highest BCUT2D eigenvalue weighted by atomic mass is 32.2. The molecule has 2 aliphatic heterocycles. The summed E-state index contributed by atoms with van der Waals surface area (Å²) in [5.74, 6) is 0.959. The van der Waals surface area contributed by atoms with Gasteiger partial charge in [0.1, 0.15) is 5.82 Å². The van der Waals surface area contributed by atoms with Gasteiger partial charge in [0.05, 0.1) is 0 Å². The first-order valence-corrected chi connectivity index (χ1v) is 10.5. The van der Waals surface area contributed by atoms with Crippen molar-refractivity contribution in [2.75, 3.05) is 31.1 Å². The van der Waals surface area contributed by atoms with Crippen molar-refractivity contribution in [3.63, 3.8) is 0 Å². The summed E-state index contributed by atoms with van der Waals surface area (Å²) in [5.41, 5.74) is 0.962. The summed E-state index contributed by atoms with van der Waals surface area (Å²) in [6.07, 6.45) is 9.61. The zero-order valence-electron chi connectivity index (χ0n) is 14.3. The van der Waals surface area contributed by atoms with Gasteiger partial charge in [0.2, 0.25) is 0 Å². The fraction of sp³-hybridized carbons (Fsp3) is 0.706. The molecule has 0 aromatic carbocycles. The molecule has 2 fully saturated rings. The normalized spacial score (nSPS) is 20.8. The number of rotatable bonds is 5. The number of nitrogens with zero attached hydrogens (tertiary/aromatic N) is 3. The Morgan fingerprint density at radius 3 is 2.29 bits per heavy atom. The van der Waals surface area contributed by atoms with Crippen LogP contribution in [-0.2, 0) is 16.8 Å². The molecule has 6 nitrogen and oxygen atoms in total. The largest absolute Gasteiger partial charge is 0.357 e. The fourth-order valence-corrected chi connectivity index (χ4v) is 4.68. The average Bonchev–Trinajstić information content (AvgIpc) is 2.91. The van der Waals surface area contributed by atoms with Crippen LogP contribution in [0.5, 0.6) is 0 Å². The molecule has 2 aliphatic rings. The van der Waals surface area contributed by atoms with Crippen LogP contribution in [0.4, 0.5) is 5.82 Å². The number of piperidine rings is 1. The lowest BCUT2D eigenvalue weighted by Gasteiger charge is -2.28. The fourth-order valence-electron chi connectivity index (χ4n) is 3.41. The third-order valence-electron chi connectivity index (χ3n) is 4.85. The molecule has 0 atom stereocenters. The van der Waals surface area contributed by atoms with Crippen molar-refractivity contribution in [1.82, 2.24) is 14.0 Å². The minimum absolute atomic E-state index is 0.322. The molecule has 0 spiro atoms. The summed E-state index contributed by atoms with van der Waals surface area (Å²) in [7, 11) is -3.39. The van der Waals surface area contributed by atoms with Gasteiger partial charge in [-0.05, 0) is 49.8 Å². The Bertz CT molecular complexity index is 621. The van der Waals surface area contributed by atoms with E-state index in [0.29, 0.717) is 19.6 Å². The highest BCUT2D eigenvalue weighted by Gasteiger charge is 2.22. The number of aromatic nitrogens is 1. The second-order valence-corrected chi connectivity index (χ2v) is 8.46. The Balaban J connectivity index is 1.61. The summed E-state index contributed by atoms with van der Waals surface area (Å²) in [6.45, 7) is 3.66. The van der Waals surface area contributed by atoms with Gasteiger partial charge >= 0.3 is 0 Å². The minimum atomic E-state index is -3.39. The lowest BCUT2D eigenvalue weighted by Crippen LogP contribution is -2.40. The van der Waals surface area contributed by atoms with E-state index in [-0.39, 0.29) is 0 Å². The lowest BCUT2D eigenvalue weighted by molar-refractivity contribution is 0.414. The summed E-state index contributed by atoms with van der Waals surface area (Å²) < 4.78 is 29.3. The van der Waals surface area contributed by atoms with Crippen LogP contribution in [0.3, 0.4) is 0 Å². The first kappa shape index (κ1) is 17.6. The molecule has 2 saturated heterocycles. The van der Waals surface area contributed by atoms with E-state index >= 15 is 0 Å². The van der Waals surface area contributed by atoms with Gasteiger partial charge in [0, 0.05) is 38.9 Å². The first-order valence-electron chi connectivity index (χ1n) is 9.10. The first-order chi connectivity index (χ1) is 11.6. The lowest BCUT2D eigenvalue weighted by atomic mass is 10.1. The highest BCUT2D eigenvalue weighted by molar-refractivity contribution is 7.87. The third kappa shape index (κ3) is 4.68. The Labute approximate surface area is 145 Å². The monoisotopic (exact) mass is 352 g/mol. The van der Waals surface area contributed by atoms with Gasteiger partial charge in [-0.25, -0.2) is 4.98 Å². The van der Waals surface area contributed by atoms with Crippen LogP contribution in [0.1, 0.15) is 50.5 Å². The van der Waals surface area contributed by atoms with E-state index in [9.17, 15) is 8.42 Å². The van der Waals surface area contributed by atoms with Gasteiger partial charge in [-0.3, -0.25) is 0 Å². The number of pyridine rings is 1. The maximum absolute atomic E-state index is 12.5. The van der Waals surface area contributed by atoms with Crippen molar-refractivity contribution in [2.24, 2.45) is 0 Å². The molecule has 0 amide bonds. The van der Waals surface area contributed by atoms with Crippen LogP contribution >= 0.6 is 0 Å². The molecular weight excluding hydrogens is 324 g/mol. The molecule has 3 rings (SSSR count). The van der Waals surface area contributed by atoms with Gasteiger partial charge in [-0.15, -0.1) is 0 Å². The molecular formula is C17H28N4O2S. The Morgan fingerprint density at radius 2 is 1.58 bits per heavy atom. The van der Waals surface area contributed by atoms with Gasteiger partial charge in [0.25, 0.3) is 10.2 Å². The molecule has 0 saturated carbocycles. The summed E-state index contributed by atoms with van der Waals surface area (Å²) in [4.78, 5) is 6.74. The predicted molar refractivity (Wildman–Crippen MR) is 96.1 cm³/mol. The van der Waals surface area contributed by atoms with E-state index in [0.717, 1.165) is 50.2 Å². The summed E-state index contributed by atoms with van der Waals surface area (Å²) >= 11 is 0. The van der Waals surface area contributed by atoms with Crippen LogP contribution in [0.15, 0.2) is 18.3 Å². The zero-order valence-corrected chi connectivity index (χ0v) is 15.1. The Kier molecular flexibility index (Phi) is 6.08. The van der Waals surface area contributed by atoms with Crippen LogP contribution < -0.4 is 9.62 Å². The van der Waals surface area contributed by atoms with Gasteiger partial charge in [-0.2, -0.15) is 17.4 Å². The molecule has 134 valence electrons. The van der Waals surface area contributed by atoms with Gasteiger partial charge in [0.15, 0.2) is 0 Å². The van der Waals surface area contributed by atoms with Crippen molar-refractivity contribution in [3.8, 4) is 0 Å². The van der Waals surface area contributed by atoms with Crippen molar-refractivity contribution in [3.05, 3.63) is 23.9 Å². The molecule has 7 heteroatoms. The molecule has 0 radical (unpaired) electrons. The maximum Gasteiger partial charge on any atom is 0.279 e. The SMILES string of the molecule is O=S(=O)(NCc1ccnc(N2CCCCC2)c1)N1CCCCCC1. The predicted octanol–water partition coefficient (Wildman–Crippen LogP) is 2.28. The number of hydrogen-bond donors (Lipinski definition) is 1. The maximum atomic E-state index is 12.5. The smallest absolute Gasteiger partial charge is 0.279 e. The van der Waals surface area contributed by atoms with Crippen LogP contribution in [0.25, 0.3) is 0 Å². The molecule has 0 unspecified atom stereocenters. The van der Waals surface area contributed by atoms with Crippen LogP contribution in [-0.4, -0.2) is 43.9 Å². The zero-order chi connectivity index (χ0) is 16.8. The number of hydrogen-bond acceptors (Lipinski definition) is 4. The molecule has 0 aliphatic carbocycles.